The van der Waals surface area contributed by atoms with Crippen LogP contribution in [0.4, 0.5) is 10.1 Å². The van der Waals surface area contributed by atoms with Gasteiger partial charge in [0.2, 0.25) is 0 Å². The molecule has 1 aliphatic rings. The van der Waals surface area contributed by atoms with E-state index in [2.05, 4.69) is 4.57 Å². The second kappa shape index (κ2) is 8.84. The van der Waals surface area contributed by atoms with Gasteiger partial charge in [0.05, 0.1) is 17.7 Å². The monoisotopic (exact) mass is 474 g/mol. The van der Waals surface area contributed by atoms with Crippen LogP contribution in [0.5, 0.6) is 5.75 Å². The summed E-state index contributed by atoms with van der Waals surface area (Å²) in [5.74, 6) is 0.315. The molecule has 0 bridgehead atoms. The number of fused-ring (bicyclic) bond motifs is 1. The molecule has 1 fully saturated rings. The zero-order chi connectivity index (χ0) is 22.9. The third-order valence-corrected chi connectivity index (χ3v) is 6.80. The maximum Gasteiger partial charge on any atom is 0.270 e. The van der Waals surface area contributed by atoms with Gasteiger partial charge in [0, 0.05) is 29.2 Å². The molecule has 1 amide bonds. The van der Waals surface area contributed by atoms with Crippen LogP contribution < -0.4 is 9.64 Å². The van der Waals surface area contributed by atoms with Crippen molar-refractivity contribution >= 4 is 56.9 Å². The van der Waals surface area contributed by atoms with Crippen LogP contribution in [0.15, 0.2) is 83.9 Å². The lowest BCUT2D eigenvalue weighted by Crippen LogP contribution is -2.27. The summed E-state index contributed by atoms with van der Waals surface area (Å²) in [5.41, 5.74) is 3.68. The molecule has 0 unspecified atom stereocenters. The number of halogens is 1. The largest absolute Gasteiger partial charge is 0.497 e. The Hall–Kier alpha value is -3.42. The molecule has 0 spiro atoms. The average molecular weight is 475 g/mol. The molecule has 0 radical (unpaired) electrons. The van der Waals surface area contributed by atoms with E-state index < -0.39 is 0 Å². The maximum atomic E-state index is 13.3. The quantitative estimate of drug-likeness (QED) is 0.253. The molecule has 0 N–H and O–H groups in total. The van der Waals surface area contributed by atoms with Crippen LogP contribution in [0.3, 0.4) is 0 Å². The van der Waals surface area contributed by atoms with Gasteiger partial charge >= 0.3 is 0 Å². The molecule has 3 aromatic carbocycles. The highest BCUT2D eigenvalue weighted by atomic mass is 32.2. The lowest BCUT2D eigenvalue weighted by Gasteiger charge is -2.14. The Morgan fingerprint density at radius 2 is 1.76 bits per heavy atom. The molecule has 164 valence electrons. The van der Waals surface area contributed by atoms with Crippen molar-refractivity contribution in [2.24, 2.45) is 0 Å². The molecule has 0 atom stereocenters. The van der Waals surface area contributed by atoms with Crippen LogP contribution >= 0.6 is 24.0 Å². The first-order valence-corrected chi connectivity index (χ1v) is 11.5. The molecule has 4 nitrogen and oxygen atoms in total. The predicted molar refractivity (Wildman–Crippen MR) is 136 cm³/mol. The van der Waals surface area contributed by atoms with Gasteiger partial charge in [0.15, 0.2) is 4.32 Å². The van der Waals surface area contributed by atoms with Gasteiger partial charge in [0.1, 0.15) is 11.6 Å². The van der Waals surface area contributed by atoms with Crippen LogP contribution in [-0.4, -0.2) is 21.9 Å². The molecule has 1 saturated heterocycles. The number of para-hydroxylation sites is 1. The number of thiocarbonyl (C=S) groups is 1. The summed E-state index contributed by atoms with van der Waals surface area (Å²) < 4.78 is 21.1. The SMILES string of the molecule is COc1ccc(N2C(=O)/C(=C\c3cn(Cc4ccc(F)cc4)c4ccccc34)SC2=S)cc1. The number of aromatic nitrogens is 1. The van der Waals surface area contributed by atoms with Gasteiger partial charge in [-0.3, -0.25) is 9.69 Å². The number of carbonyl (C=O) groups excluding carboxylic acids is 1. The fourth-order valence-corrected chi connectivity index (χ4v) is 5.16. The van der Waals surface area contributed by atoms with Crippen molar-refractivity contribution in [2.45, 2.75) is 6.54 Å². The number of amides is 1. The normalized spacial score (nSPS) is 15.1. The Kier molecular flexibility index (Phi) is 5.74. The first-order valence-electron chi connectivity index (χ1n) is 10.3. The number of hydrogen-bond donors (Lipinski definition) is 0. The number of hydrogen-bond acceptors (Lipinski definition) is 4. The third-order valence-electron chi connectivity index (χ3n) is 5.50. The minimum Gasteiger partial charge on any atom is -0.497 e. The second-order valence-corrected chi connectivity index (χ2v) is 9.25. The minimum atomic E-state index is -0.254. The molecular formula is C26H19FN2O2S2. The molecule has 4 aromatic rings. The van der Waals surface area contributed by atoms with Gasteiger partial charge in [0.25, 0.3) is 5.91 Å². The van der Waals surface area contributed by atoms with E-state index in [1.54, 1.807) is 36.3 Å². The molecular weight excluding hydrogens is 455 g/mol. The summed E-state index contributed by atoms with van der Waals surface area (Å²) in [4.78, 5) is 15.3. The van der Waals surface area contributed by atoms with Crippen LogP contribution in [0, 0.1) is 5.82 Å². The smallest absolute Gasteiger partial charge is 0.270 e. The van der Waals surface area contributed by atoms with E-state index in [0.29, 0.717) is 27.2 Å². The standard InChI is InChI=1S/C26H19FN2O2S2/c1-31-21-12-10-20(11-13-21)29-25(30)24(33-26(29)32)14-18-16-28(23-5-3-2-4-22(18)23)15-17-6-8-19(27)9-7-17/h2-14,16H,15H2,1H3/b24-14+. The minimum absolute atomic E-state index is 0.148. The predicted octanol–water partition coefficient (Wildman–Crippen LogP) is 6.24. The lowest BCUT2D eigenvalue weighted by atomic mass is 10.1. The van der Waals surface area contributed by atoms with Crippen molar-refractivity contribution in [2.75, 3.05) is 12.0 Å². The van der Waals surface area contributed by atoms with E-state index in [4.69, 9.17) is 17.0 Å². The highest BCUT2D eigenvalue weighted by Gasteiger charge is 2.33. The van der Waals surface area contributed by atoms with Crippen molar-refractivity contribution in [3.8, 4) is 5.75 Å². The molecule has 5 rings (SSSR count). The summed E-state index contributed by atoms with van der Waals surface area (Å²) in [6.07, 6.45) is 3.92. The number of ether oxygens (including phenoxy) is 1. The van der Waals surface area contributed by atoms with Gasteiger partial charge in [-0.05, 0) is 54.1 Å². The lowest BCUT2D eigenvalue weighted by molar-refractivity contribution is -0.113. The zero-order valence-corrected chi connectivity index (χ0v) is 19.3. The Morgan fingerprint density at radius 3 is 2.48 bits per heavy atom. The van der Waals surface area contributed by atoms with E-state index >= 15 is 0 Å². The highest BCUT2D eigenvalue weighted by Crippen LogP contribution is 2.37. The van der Waals surface area contributed by atoms with Crippen LogP contribution in [0.1, 0.15) is 11.1 Å². The summed E-state index contributed by atoms with van der Waals surface area (Å²) >= 11 is 6.80. The first kappa shape index (κ1) is 21.4. The summed E-state index contributed by atoms with van der Waals surface area (Å²) in [6, 6.07) is 21.8. The van der Waals surface area contributed by atoms with E-state index in [1.165, 1.54) is 23.9 Å². The topological polar surface area (TPSA) is 34.5 Å². The maximum absolute atomic E-state index is 13.3. The fourth-order valence-electron chi connectivity index (χ4n) is 3.87. The van der Waals surface area contributed by atoms with E-state index in [-0.39, 0.29) is 11.7 Å². The van der Waals surface area contributed by atoms with Crippen molar-refractivity contribution < 1.29 is 13.9 Å². The fraction of sp³-hybridized carbons (Fsp3) is 0.0769. The second-order valence-electron chi connectivity index (χ2n) is 7.57. The number of nitrogens with zero attached hydrogens (tertiary/aromatic N) is 2. The molecule has 33 heavy (non-hydrogen) atoms. The Bertz CT molecular complexity index is 1390. The Morgan fingerprint density at radius 1 is 1.03 bits per heavy atom. The molecule has 0 aliphatic carbocycles. The Labute approximate surface area is 200 Å². The van der Waals surface area contributed by atoms with Gasteiger partial charge < -0.3 is 9.30 Å². The van der Waals surface area contributed by atoms with Gasteiger partial charge in [-0.15, -0.1) is 0 Å². The number of carbonyl (C=O) groups is 1. The third kappa shape index (κ3) is 4.17. The molecule has 0 saturated carbocycles. The van der Waals surface area contributed by atoms with Crippen molar-refractivity contribution in [1.29, 1.82) is 0 Å². The summed E-state index contributed by atoms with van der Waals surface area (Å²) in [5, 5.41) is 1.04. The van der Waals surface area contributed by atoms with Crippen LogP contribution in [0.25, 0.3) is 17.0 Å². The number of methoxy groups -OCH3 is 1. The average Bonchev–Trinajstić information content (AvgIpc) is 3.32. The number of benzene rings is 3. The van der Waals surface area contributed by atoms with E-state index in [9.17, 15) is 9.18 Å². The zero-order valence-electron chi connectivity index (χ0n) is 17.7. The van der Waals surface area contributed by atoms with E-state index in [0.717, 1.165) is 22.0 Å². The summed E-state index contributed by atoms with van der Waals surface area (Å²) in [7, 11) is 1.60. The number of thioether (sulfide) groups is 1. The van der Waals surface area contributed by atoms with Gasteiger partial charge in [-0.1, -0.05) is 54.3 Å². The highest BCUT2D eigenvalue weighted by molar-refractivity contribution is 8.27. The van der Waals surface area contributed by atoms with Gasteiger partial charge in [-0.25, -0.2) is 4.39 Å². The Balaban J connectivity index is 1.49. The number of anilines is 1. The van der Waals surface area contributed by atoms with Crippen molar-refractivity contribution in [3.63, 3.8) is 0 Å². The molecule has 1 aliphatic heterocycles. The molecule has 7 heteroatoms. The van der Waals surface area contributed by atoms with Crippen molar-refractivity contribution in [3.05, 3.63) is 101 Å². The number of rotatable bonds is 5. The molecule has 1 aromatic heterocycles. The first-order chi connectivity index (χ1) is 16.0. The van der Waals surface area contributed by atoms with Crippen molar-refractivity contribution in [1.82, 2.24) is 4.57 Å². The van der Waals surface area contributed by atoms with E-state index in [1.807, 2.05) is 48.7 Å². The van der Waals surface area contributed by atoms with Crippen LogP contribution in [-0.2, 0) is 11.3 Å². The summed E-state index contributed by atoms with van der Waals surface area (Å²) in [6.45, 7) is 0.599. The van der Waals surface area contributed by atoms with Crippen LogP contribution in [0.2, 0.25) is 0 Å². The molecule has 2 heterocycles. The van der Waals surface area contributed by atoms with Gasteiger partial charge in [-0.2, -0.15) is 0 Å².